The van der Waals surface area contributed by atoms with Crippen molar-refractivity contribution in [3.8, 4) is 6.07 Å². The van der Waals surface area contributed by atoms with Crippen molar-refractivity contribution in [2.45, 2.75) is 25.2 Å². The number of carbonyl (C=O) groups is 1. The summed E-state index contributed by atoms with van der Waals surface area (Å²) in [5.74, 6) is -0.754. The van der Waals surface area contributed by atoms with Crippen LogP contribution in [0.4, 0.5) is 0 Å². The van der Waals surface area contributed by atoms with E-state index >= 15 is 0 Å². The van der Waals surface area contributed by atoms with Gasteiger partial charge >= 0.3 is 0 Å². The van der Waals surface area contributed by atoms with E-state index in [2.05, 4.69) is 6.07 Å². The van der Waals surface area contributed by atoms with Gasteiger partial charge in [0.2, 0.25) is 0 Å². The van der Waals surface area contributed by atoms with E-state index in [1.54, 1.807) is 36.4 Å². The molecule has 28 heavy (non-hydrogen) atoms. The Morgan fingerprint density at radius 2 is 1.50 bits per heavy atom. The van der Waals surface area contributed by atoms with Crippen LogP contribution in [0.15, 0.2) is 72.8 Å². The number of aryl methyl sites for hydroxylation is 1. The average molecular weight is 408 g/mol. The molecular weight excluding hydrogens is 389 g/mol. The molecule has 0 saturated carbocycles. The fraction of sp³-hybridized carbons (Fsp3) is 0.167. The zero-order chi connectivity index (χ0) is 20.1. The fourth-order valence-electron chi connectivity index (χ4n) is 3.40. The van der Waals surface area contributed by atoms with Gasteiger partial charge in [0.15, 0.2) is 5.78 Å². The Morgan fingerprint density at radius 1 is 0.929 bits per heavy atom. The van der Waals surface area contributed by atoms with E-state index in [9.17, 15) is 10.1 Å². The SMILES string of the molecule is Cc1ccccc1[C@H](C#N)[C@H](CC(=O)c1ccc(Cl)cc1)c1ccc(Cl)cc1. The van der Waals surface area contributed by atoms with Crippen LogP contribution in [0, 0.1) is 18.3 Å². The lowest BCUT2D eigenvalue weighted by molar-refractivity contribution is 0.0971. The van der Waals surface area contributed by atoms with Crippen LogP contribution in [-0.2, 0) is 0 Å². The second kappa shape index (κ2) is 9.06. The molecule has 2 atom stereocenters. The molecule has 3 aromatic carbocycles. The Morgan fingerprint density at radius 3 is 2.07 bits per heavy atom. The highest BCUT2D eigenvalue weighted by Gasteiger charge is 2.28. The monoisotopic (exact) mass is 407 g/mol. The number of halogens is 2. The fourth-order valence-corrected chi connectivity index (χ4v) is 3.66. The second-order valence-electron chi connectivity index (χ2n) is 6.76. The largest absolute Gasteiger partial charge is 0.294 e. The third-order valence-corrected chi connectivity index (χ3v) is 5.44. The molecule has 0 unspecified atom stereocenters. The minimum Gasteiger partial charge on any atom is -0.294 e. The minimum absolute atomic E-state index is 0.0227. The maximum Gasteiger partial charge on any atom is 0.163 e. The smallest absolute Gasteiger partial charge is 0.163 e. The van der Waals surface area contributed by atoms with Gasteiger partial charge in [-0.1, -0.05) is 59.6 Å². The predicted octanol–water partition coefficient (Wildman–Crippen LogP) is 6.97. The molecule has 0 radical (unpaired) electrons. The summed E-state index contributed by atoms with van der Waals surface area (Å²) in [4.78, 5) is 13.0. The first-order chi connectivity index (χ1) is 13.5. The topological polar surface area (TPSA) is 40.9 Å². The number of nitriles is 1. The predicted molar refractivity (Wildman–Crippen MR) is 114 cm³/mol. The molecule has 3 aromatic rings. The number of ketones is 1. The van der Waals surface area contributed by atoms with Gasteiger partial charge in [-0.2, -0.15) is 5.26 Å². The van der Waals surface area contributed by atoms with Crippen LogP contribution in [0.5, 0.6) is 0 Å². The molecule has 140 valence electrons. The average Bonchev–Trinajstić information content (AvgIpc) is 2.70. The standard InChI is InChI=1S/C24H19Cl2NO/c1-16-4-2-3-5-21(16)23(15-27)22(17-6-10-19(25)11-7-17)14-24(28)18-8-12-20(26)13-9-18/h2-13,22-23H,14H2,1H3/t22-,23+/m1/s1. The van der Waals surface area contributed by atoms with Crippen molar-refractivity contribution < 1.29 is 4.79 Å². The molecule has 3 rings (SSSR count). The van der Waals surface area contributed by atoms with Gasteiger partial charge in [-0.15, -0.1) is 0 Å². The van der Waals surface area contributed by atoms with Crippen LogP contribution < -0.4 is 0 Å². The van der Waals surface area contributed by atoms with E-state index in [0.717, 1.165) is 16.7 Å². The van der Waals surface area contributed by atoms with Crippen LogP contribution in [-0.4, -0.2) is 5.78 Å². The van der Waals surface area contributed by atoms with E-state index in [1.165, 1.54) is 0 Å². The number of rotatable bonds is 6. The first kappa shape index (κ1) is 20.1. The summed E-state index contributed by atoms with van der Waals surface area (Å²) in [6, 6.07) is 24.5. The summed E-state index contributed by atoms with van der Waals surface area (Å²) in [7, 11) is 0. The van der Waals surface area contributed by atoms with Gasteiger partial charge in [0.05, 0.1) is 12.0 Å². The number of hydrogen-bond donors (Lipinski definition) is 0. The summed E-state index contributed by atoms with van der Waals surface area (Å²) in [6.45, 7) is 1.99. The molecule has 0 aliphatic heterocycles. The first-order valence-corrected chi connectivity index (χ1v) is 9.74. The van der Waals surface area contributed by atoms with Crippen molar-refractivity contribution in [1.82, 2.24) is 0 Å². The third kappa shape index (κ3) is 4.62. The Balaban J connectivity index is 2.00. The molecule has 0 aliphatic rings. The lowest BCUT2D eigenvalue weighted by atomic mass is 9.77. The van der Waals surface area contributed by atoms with Crippen molar-refractivity contribution in [3.05, 3.63) is 105 Å². The van der Waals surface area contributed by atoms with Gasteiger partial charge in [0.25, 0.3) is 0 Å². The molecular formula is C24H19Cl2NO. The molecule has 4 heteroatoms. The zero-order valence-corrected chi connectivity index (χ0v) is 16.9. The molecule has 0 heterocycles. The van der Waals surface area contributed by atoms with Crippen LogP contribution in [0.1, 0.15) is 45.3 Å². The highest BCUT2D eigenvalue weighted by atomic mass is 35.5. The molecule has 0 bridgehead atoms. The van der Waals surface area contributed by atoms with Crippen LogP contribution in [0.2, 0.25) is 10.0 Å². The van der Waals surface area contributed by atoms with Crippen molar-refractivity contribution in [2.75, 3.05) is 0 Å². The van der Waals surface area contributed by atoms with E-state index < -0.39 is 5.92 Å². The Labute approximate surface area is 175 Å². The Hall–Kier alpha value is -2.60. The number of carbonyl (C=O) groups excluding carboxylic acids is 1. The Bertz CT molecular complexity index is 1000. The molecule has 0 fully saturated rings. The van der Waals surface area contributed by atoms with Crippen LogP contribution in [0.25, 0.3) is 0 Å². The molecule has 2 nitrogen and oxygen atoms in total. The summed E-state index contributed by atoms with van der Waals surface area (Å²) < 4.78 is 0. The first-order valence-electron chi connectivity index (χ1n) is 8.99. The zero-order valence-electron chi connectivity index (χ0n) is 15.4. The quantitative estimate of drug-likeness (QED) is 0.414. The van der Waals surface area contributed by atoms with Gasteiger partial charge in [-0.3, -0.25) is 4.79 Å². The summed E-state index contributed by atoms with van der Waals surface area (Å²) in [6.07, 6.45) is 0.218. The molecule has 0 saturated heterocycles. The van der Waals surface area contributed by atoms with Gasteiger partial charge in [-0.25, -0.2) is 0 Å². The van der Waals surface area contributed by atoms with Crippen LogP contribution >= 0.6 is 23.2 Å². The van der Waals surface area contributed by atoms with Gasteiger partial charge in [0, 0.05) is 27.9 Å². The minimum atomic E-state index is -0.446. The van der Waals surface area contributed by atoms with Crippen molar-refractivity contribution in [1.29, 1.82) is 5.26 Å². The lowest BCUT2D eigenvalue weighted by Crippen LogP contribution is -2.16. The van der Waals surface area contributed by atoms with E-state index in [4.69, 9.17) is 23.2 Å². The molecule has 0 aliphatic carbocycles. The summed E-state index contributed by atoms with van der Waals surface area (Å²) in [5.41, 5.74) is 3.48. The van der Waals surface area contributed by atoms with Crippen molar-refractivity contribution in [3.63, 3.8) is 0 Å². The number of hydrogen-bond acceptors (Lipinski definition) is 2. The number of nitrogens with zero attached hydrogens (tertiary/aromatic N) is 1. The lowest BCUT2D eigenvalue weighted by Gasteiger charge is -2.24. The maximum absolute atomic E-state index is 13.0. The van der Waals surface area contributed by atoms with E-state index in [0.29, 0.717) is 15.6 Å². The van der Waals surface area contributed by atoms with Crippen LogP contribution in [0.3, 0.4) is 0 Å². The van der Waals surface area contributed by atoms with Gasteiger partial charge in [-0.05, 0) is 60.0 Å². The van der Waals surface area contributed by atoms with Gasteiger partial charge in [0.1, 0.15) is 0 Å². The summed E-state index contributed by atoms with van der Waals surface area (Å²) >= 11 is 12.0. The molecule has 0 N–H and O–H groups in total. The van der Waals surface area contributed by atoms with Crippen molar-refractivity contribution in [2.24, 2.45) is 0 Å². The molecule has 0 amide bonds. The number of Topliss-reactive ketones (excluding diaryl/α,β-unsaturated/α-hetero) is 1. The molecule has 0 spiro atoms. The van der Waals surface area contributed by atoms with Gasteiger partial charge < -0.3 is 0 Å². The second-order valence-corrected chi connectivity index (χ2v) is 7.63. The Kier molecular flexibility index (Phi) is 6.52. The maximum atomic E-state index is 13.0. The normalized spacial score (nSPS) is 12.8. The summed E-state index contributed by atoms with van der Waals surface area (Å²) in [5, 5.41) is 11.2. The van der Waals surface area contributed by atoms with E-state index in [1.807, 2.05) is 43.3 Å². The third-order valence-electron chi connectivity index (χ3n) is 4.93. The molecule has 0 aromatic heterocycles. The van der Waals surface area contributed by atoms with Crippen molar-refractivity contribution >= 4 is 29.0 Å². The highest BCUT2D eigenvalue weighted by molar-refractivity contribution is 6.30. The van der Waals surface area contributed by atoms with E-state index in [-0.39, 0.29) is 18.1 Å². The highest BCUT2D eigenvalue weighted by Crippen LogP contribution is 2.38. The number of benzene rings is 3.